The van der Waals surface area contributed by atoms with E-state index in [-0.39, 0.29) is 16.9 Å². The lowest BCUT2D eigenvalue weighted by atomic mass is 9.77. The van der Waals surface area contributed by atoms with Gasteiger partial charge in [-0.3, -0.25) is 4.72 Å². The average molecular weight is 465 g/mol. The Morgan fingerprint density at radius 2 is 1.72 bits per heavy atom. The number of benzene rings is 3. The number of hydrogen-bond donors (Lipinski definition) is 2. The van der Waals surface area contributed by atoms with Gasteiger partial charge in [0.15, 0.2) is 0 Å². The Kier molecular flexibility index (Phi) is 5.26. The first-order chi connectivity index (χ1) is 15.3. The number of anilines is 2. The highest BCUT2D eigenvalue weighted by atomic mass is 35.5. The fourth-order valence-corrected chi connectivity index (χ4v) is 6.27. The number of aryl methyl sites for hydroxylation is 2. The van der Waals surface area contributed by atoms with E-state index in [1.165, 1.54) is 5.56 Å². The van der Waals surface area contributed by atoms with Crippen LogP contribution in [0.2, 0.25) is 5.02 Å². The molecule has 6 heteroatoms. The second-order valence-electron chi connectivity index (χ2n) is 8.65. The predicted molar refractivity (Wildman–Crippen MR) is 131 cm³/mol. The number of fused-ring (bicyclic) bond motifs is 3. The molecule has 0 spiro atoms. The lowest BCUT2D eigenvalue weighted by Crippen LogP contribution is -2.29. The molecule has 164 valence electrons. The highest BCUT2D eigenvalue weighted by Crippen LogP contribution is 2.50. The molecule has 3 aromatic carbocycles. The van der Waals surface area contributed by atoms with Crippen LogP contribution in [-0.4, -0.2) is 8.42 Å². The van der Waals surface area contributed by atoms with E-state index in [0.717, 1.165) is 33.8 Å². The monoisotopic (exact) mass is 464 g/mol. The molecule has 3 aromatic rings. The van der Waals surface area contributed by atoms with Gasteiger partial charge in [-0.05, 0) is 78.8 Å². The Balaban J connectivity index is 1.50. The zero-order valence-electron chi connectivity index (χ0n) is 18.0. The van der Waals surface area contributed by atoms with E-state index < -0.39 is 10.0 Å². The zero-order chi connectivity index (χ0) is 22.5. The summed E-state index contributed by atoms with van der Waals surface area (Å²) >= 11 is 6.08. The zero-order valence-corrected chi connectivity index (χ0v) is 19.5. The number of halogens is 1. The summed E-state index contributed by atoms with van der Waals surface area (Å²) in [5.41, 5.74) is 5.63. The third-order valence-electron chi connectivity index (χ3n) is 6.59. The molecule has 0 bridgehead atoms. The molecule has 0 aromatic heterocycles. The molecule has 3 atom stereocenters. The van der Waals surface area contributed by atoms with Crippen molar-refractivity contribution in [1.82, 2.24) is 0 Å². The predicted octanol–water partition coefficient (Wildman–Crippen LogP) is 6.58. The van der Waals surface area contributed by atoms with Gasteiger partial charge in [0.25, 0.3) is 10.0 Å². The Morgan fingerprint density at radius 3 is 2.44 bits per heavy atom. The molecule has 32 heavy (non-hydrogen) atoms. The van der Waals surface area contributed by atoms with Crippen LogP contribution in [-0.2, 0) is 10.0 Å². The lowest BCUT2D eigenvalue weighted by Gasteiger charge is -2.37. The number of hydrogen-bond acceptors (Lipinski definition) is 3. The third-order valence-corrected chi connectivity index (χ3v) is 8.19. The van der Waals surface area contributed by atoms with E-state index in [4.69, 9.17) is 11.6 Å². The molecule has 2 N–H and O–H groups in total. The molecule has 0 amide bonds. The van der Waals surface area contributed by atoms with E-state index >= 15 is 0 Å². The summed E-state index contributed by atoms with van der Waals surface area (Å²) in [5, 5.41) is 4.37. The summed E-state index contributed by atoms with van der Waals surface area (Å²) in [6.45, 7) is 3.82. The quantitative estimate of drug-likeness (QED) is 0.428. The molecule has 1 aliphatic heterocycles. The first kappa shape index (κ1) is 21.1. The smallest absolute Gasteiger partial charge is 0.261 e. The molecule has 4 nitrogen and oxygen atoms in total. The summed E-state index contributed by atoms with van der Waals surface area (Å²) in [5.74, 6) is 0.496. The molecule has 2 aliphatic rings. The van der Waals surface area contributed by atoms with Crippen LogP contribution in [0.15, 0.2) is 77.7 Å². The average Bonchev–Trinajstić information content (AvgIpc) is 3.26. The SMILES string of the molecule is Cc1cccc(C)c1NS(=O)(=O)c1ccc2c(c1)[C@@H]1C=CC[C@H]1[C@@H](c1ccc(Cl)cc1)N2. The number of allylic oxidation sites excluding steroid dienone is 2. The van der Waals surface area contributed by atoms with E-state index in [0.29, 0.717) is 11.6 Å². The molecular formula is C26H25ClN2O2S. The van der Waals surface area contributed by atoms with Crippen LogP contribution < -0.4 is 10.0 Å². The van der Waals surface area contributed by atoms with Crippen LogP contribution >= 0.6 is 11.6 Å². The molecule has 0 radical (unpaired) electrons. The van der Waals surface area contributed by atoms with Crippen LogP contribution in [0.5, 0.6) is 0 Å². The second-order valence-corrected chi connectivity index (χ2v) is 10.8. The van der Waals surface area contributed by atoms with Crippen molar-refractivity contribution in [3.63, 3.8) is 0 Å². The molecular weight excluding hydrogens is 440 g/mol. The van der Waals surface area contributed by atoms with Crippen molar-refractivity contribution in [2.45, 2.75) is 37.1 Å². The maximum atomic E-state index is 13.2. The Labute approximate surface area is 194 Å². The van der Waals surface area contributed by atoms with E-state index in [9.17, 15) is 8.42 Å². The van der Waals surface area contributed by atoms with Gasteiger partial charge >= 0.3 is 0 Å². The van der Waals surface area contributed by atoms with Gasteiger partial charge in [-0.2, -0.15) is 0 Å². The van der Waals surface area contributed by atoms with E-state index in [2.05, 4.69) is 34.3 Å². The minimum absolute atomic E-state index is 0.148. The van der Waals surface area contributed by atoms with Crippen molar-refractivity contribution >= 4 is 33.0 Å². The Hall–Kier alpha value is -2.76. The number of sulfonamides is 1. The van der Waals surface area contributed by atoms with E-state index in [1.54, 1.807) is 6.07 Å². The summed E-state index contributed by atoms with van der Waals surface area (Å²) in [7, 11) is -3.71. The van der Waals surface area contributed by atoms with Gasteiger partial charge in [0.2, 0.25) is 0 Å². The normalized spacial score (nSPS) is 21.5. The first-order valence-corrected chi connectivity index (χ1v) is 12.6. The highest BCUT2D eigenvalue weighted by molar-refractivity contribution is 7.92. The van der Waals surface area contributed by atoms with E-state index in [1.807, 2.05) is 56.3 Å². The van der Waals surface area contributed by atoms with Gasteiger partial charge in [0, 0.05) is 16.6 Å². The molecule has 1 heterocycles. The maximum Gasteiger partial charge on any atom is 0.261 e. The van der Waals surface area contributed by atoms with Crippen molar-refractivity contribution in [3.05, 3.63) is 100 Å². The number of rotatable bonds is 4. The molecule has 0 saturated heterocycles. The summed E-state index contributed by atoms with van der Waals surface area (Å²) in [4.78, 5) is 0.282. The number of nitrogens with one attached hydrogen (secondary N) is 2. The van der Waals surface area contributed by atoms with Crippen LogP contribution in [0.1, 0.15) is 40.6 Å². The van der Waals surface area contributed by atoms with Gasteiger partial charge in [0.05, 0.1) is 16.6 Å². The van der Waals surface area contributed by atoms with Crippen LogP contribution in [0.4, 0.5) is 11.4 Å². The molecule has 0 fully saturated rings. The van der Waals surface area contributed by atoms with Gasteiger partial charge in [-0.1, -0.05) is 54.1 Å². The summed E-state index contributed by atoms with van der Waals surface area (Å²) < 4.78 is 29.3. The molecule has 0 saturated carbocycles. The minimum Gasteiger partial charge on any atom is -0.378 e. The van der Waals surface area contributed by atoms with Crippen molar-refractivity contribution in [2.24, 2.45) is 5.92 Å². The molecule has 0 unspecified atom stereocenters. The fourth-order valence-electron chi connectivity index (χ4n) is 4.91. The highest BCUT2D eigenvalue weighted by Gasteiger charge is 2.38. The van der Waals surface area contributed by atoms with Crippen molar-refractivity contribution in [3.8, 4) is 0 Å². The van der Waals surface area contributed by atoms with Crippen molar-refractivity contribution in [1.29, 1.82) is 0 Å². The Morgan fingerprint density at radius 1 is 1.00 bits per heavy atom. The van der Waals surface area contributed by atoms with Crippen LogP contribution in [0, 0.1) is 19.8 Å². The van der Waals surface area contributed by atoms with Gasteiger partial charge in [0.1, 0.15) is 0 Å². The Bertz CT molecular complexity index is 1300. The fraction of sp³-hybridized carbons (Fsp3) is 0.231. The van der Waals surface area contributed by atoms with Crippen LogP contribution in [0.25, 0.3) is 0 Å². The minimum atomic E-state index is -3.71. The summed E-state index contributed by atoms with van der Waals surface area (Å²) in [6, 6.07) is 19.2. The maximum absolute atomic E-state index is 13.2. The largest absolute Gasteiger partial charge is 0.378 e. The first-order valence-electron chi connectivity index (χ1n) is 10.7. The molecule has 5 rings (SSSR count). The van der Waals surface area contributed by atoms with Crippen molar-refractivity contribution < 1.29 is 8.42 Å². The second kappa shape index (κ2) is 7.98. The van der Waals surface area contributed by atoms with Gasteiger partial charge in [-0.25, -0.2) is 8.42 Å². The van der Waals surface area contributed by atoms with Crippen molar-refractivity contribution in [2.75, 3.05) is 10.0 Å². The third kappa shape index (κ3) is 3.70. The summed E-state index contributed by atoms with van der Waals surface area (Å²) in [6.07, 6.45) is 5.36. The molecule has 1 aliphatic carbocycles. The lowest BCUT2D eigenvalue weighted by molar-refractivity contribution is 0.425. The number of para-hydroxylation sites is 1. The van der Waals surface area contributed by atoms with Gasteiger partial charge < -0.3 is 5.32 Å². The standard InChI is InChI=1S/C26H25ClN2O2S/c1-16-5-3-6-17(2)25(16)29-32(30,31)20-13-14-24-23(15-20)21-7-4-8-22(21)26(28-24)18-9-11-19(27)12-10-18/h3-7,9-15,21-22,26,28-29H,8H2,1-2H3/t21-,22-,26-/m1/s1. The van der Waals surface area contributed by atoms with Gasteiger partial charge in [-0.15, -0.1) is 0 Å². The topological polar surface area (TPSA) is 58.2 Å². The van der Waals surface area contributed by atoms with Crippen LogP contribution in [0.3, 0.4) is 0 Å².